The fraction of sp³-hybridized carbons (Fsp3) is 0.324. The van der Waals surface area contributed by atoms with Gasteiger partial charge in [0.1, 0.15) is 17.1 Å². The van der Waals surface area contributed by atoms with Crippen molar-refractivity contribution >= 4 is 39.9 Å². The zero-order valence-corrected chi connectivity index (χ0v) is 28.8. The fourth-order valence-electron chi connectivity index (χ4n) is 6.94. The van der Waals surface area contributed by atoms with Gasteiger partial charge in [-0.05, 0) is 41.8 Å². The van der Waals surface area contributed by atoms with E-state index in [0.717, 1.165) is 11.3 Å². The molecule has 2 aromatic carbocycles. The van der Waals surface area contributed by atoms with Crippen LogP contribution < -0.4 is 9.64 Å². The smallest absolute Gasteiger partial charge is 0.354 e. The van der Waals surface area contributed by atoms with Gasteiger partial charge in [0.05, 0.1) is 38.2 Å². The molecule has 1 saturated heterocycles. The number of carbonyl (C=O) groups is 3. The van der Waals surface area contributed by atoms with Crippen LogP contribution in [0.2, 0.25) is 0 Å². The number of hydrogen-bond acceptors (Lipinski definition) is 8. The van der Waals surface area contributed by atoms with E-state index in [1.165, 1.54) is 7.11 Å². The summed E-state index contributed by atoms with van der Waals surface area (Å²) < 4.78 is 30.6. The Labute approximate surface area is 293 Å². The molecule has 1 fully saturated rings. The Morgan fingerprint density at radius 2 is 1.76 bits per heavy atom. The molecule has 0 saturated carbocycles. The lowest BCUT2D eigenvalue weighted by Crippen LogP contribution is -2.48. The molecular weight excluding hydrogens is 655 g/mol. The van der Waals surface area contributed by atoms with Crippen LogP contribution in [0.3, 0.4) is 0 Å². The first-order valence-electron chi connectivity index (χ1n) is 16.8. The van der Waals surface area contributed by atoms with E-state index in [1.54, 1.807) is 63.8 Å². The first-order valence-corrected chi connectivity index (χ1v) is 16.8. The Morgan fingerprint density at radius 1 is 0.961 bits per heavy atom. The molecule has 5 heterocycles. The van der Waals surface area contributed by atoms with Gasteiger partial charge in [0.25, 0.3) is 5.91 Å². The Hall–Kier alpha value is -5.92. The van der Waals surface area contributed by atoms with Crippen LogP contribution in [-0.4, -0.2) is 106 Å². The highest BCUT2D eigenvalue weighted by Gasteiger charge is 2.28. The molecule has 264 valence electrons. The average molecular weight is 695 g/mol. The third-order valence-corrected chi connectivity index (χ3v) is 9.67. The van der Waals surface area contributed by atoms with Crippen molar-refractivity contribution in [3.63, 3.8) is 0 Å². The Balaban J connectivity index is 1.17. The van der Waals surface area contributed by atoms with Crippen LogP contribution >= 0.6 is 0 Å². The Morgan fingerprint density at radius 3 is 2.51 bits per heavy atom. The largest absolute Gasteiger partial charge is 0.496 e. The van der Waals surface area contributed by atoms with Crippen molar-refractivity contribution in [1.29, 1.82) is 0 Å². The lowest BCUT2D eigenvalue weighted by Gasteiger charge is -2.35. The number of nitrogens with one attached hydrogen (secondary N) is 1. The van der Waals surface area contributed by atoms with Crippen LogP contribution in [0.1, 0.15) is 39.4 Å². The molecule has 5 aromatic rings. The van der Waals surface area contributed by atoms with Crippen LogP contribution in [0.25, 0.3) is 27.6 Å². The number of esters is 1. The van der Waals surface area contributed by atoms with Crippen LogP contribution in [0.5, 0.6) is 5.75 Å². The molecule has 0 unspecified atom stereocenters. The van der Waals surface area contributed by atoms with E-state index in [2.05, 4.69) is 20.2 Å². The number of aromatic amines is 1. The van der Waals surface area contributed by atoms with Gasteiger partial charge < -0.3 is 33.7 Å². The number of piperazine rings is 1. The number of H-pyrrole nitrogens is 1. The van der Waals surface area contributed by atoms with Crippen LogP contribution in [0, 0.1) is 5.82 Å². The second kappa shape index (κ2) is 14.1. The number of rotatable bonds is 9. The molecule has 0 radical (unpaired) electrons. The molecule has 51 heavy (non-hydrogen) atoms. The highest BCUT2D eigenvalue weighted by atomic mass is 19.1. The van der Waals surface area contributed by atoms with Crippen molar-refractivity contribution in [3.8, 4) is 16.9 Å². The van der Waals surface area contributed by atoms with E-state index in [0.29, 0.717) is 79.2 Å². The summed E-state index contributed by atoms with van der Waals surface area (Å²) in [6, 6.07) is 12.8. The first-order chi connectivity index (χ1) is 24.7. The summed E-state index contributed by atoms with van der Waals surface area (Å²) in [5.74, 6) is -0.570. The van der Waals surface area contributed by atoms with Crippen molar-refractivity contribution in [2.75, 3.05) is 58.4 Å². The number of fused-ring (bicyclic) bond motifs is 1. The molecule has 3 aromatic heterocycles. The summed E-state index contributed by atoms with van der Waals surface area (Å²) in [5, 5.41) is 8.29. The summed E-state index contributed by atoms with van der Waals surface area (Å²) in [6.45, 7) is 3.20. The molecule has 13 nitrogen and oxygen atoms in total. The molecule has 0 bridgehead atoms. The van der Waals surface area contributed by atoms with Gasteiger partial charge in [0, 0.05) is 81.6 Å². The minimum absolute atomic E-state index is 0.0495. The van der Waals surface area contributed by atoms with E-state index in [4.69, 9.17) is 9.47 Å². The predicted molar refractivity (Wildman–Crippen MR) is 189 cm³/mol. The van der Waals surface area contributed by atoms with Gasteiger partial charge >= 0.3 is 5.97 Å². The number of carbonyl (C=O) groups excluding carboxylic acids is 3. The Bertz CT molecular complexity index is 2130. The van der Waals surface area contributed by atoms with Gasteiger partial charge in [-0.1, -0.05) is 29.5 Å². The maximum atomic E-state index is 16.7. The fourth-order valence-corrected chi connectivity index (χ4v) is 6.94. The van der Waals surface area contributed by atoms with Crippen molar-refractivity contribution in [2.24, 2.45) is 7.05 Å². The second-order valence-electron chi connectivity index (χ2n) is 12.7. The number of benzene rings is 2. The third-order valence-electron chi connectivity index (χ3n) is 9.67. The monoisotopic (exact) mass is 694 g/mol. The summed E-state index contributed by atoms with van der Waals surface area (Å²) in [7, 11) is 4.73. The number of nitrogens with zero attached hydrogens (tertiary/aromatic N) is 7. The highest BCUT2D eigenvalue weighted by Crippen LogP contribution is 2.40. The molecular formula is C37H39FN8O5. The molecule has 14 heteroatoms. The van der Waals surface area contributed by atoms with Gasteiger partial charge in [-0.3, -0.25) is 14.3 Å². The topological polar surface area (TPSA) is 131 Å². The number of anilines is 1. The minimum Gasteiger partial charge on any atom is -0.496 e. The van der Waals surface area contributed by atoms with E-state index in [-0.39, 0.29) is 36.0 Å². The number of ether oxygens (including phenoxy) is 2. The van der Waals surface area contributed by atoms with E-state index in [9.17, 15) is 14.4 Å². The second-order valence-corrected chi connectivity index (χ2v) is 12.7. The minimum atomic E-state index is -0.485. The number of aryl methyl sites for hydroxylation is 2. The molecule has 0 spiro atoms. The van der Waals surface area contributed by atoms with Crippen LogP contribution in [0.15, 0.2) is 67.1 Å². The van der Waals surface area contributed by atoms with Crippen molar-refractivity contribution in [3.05, 3.63) is 89.9 Å². The summed E-state index contributed by atoms with van der Waals surface area (Å²) in [6.07, 6.45) is 7.96. The number of hydrogen-bond donors (Lipinski definition) is 1. The molecule has 0 atom stereocenters. The number of halogens is 1. The third kappa shape index (κ3) is 6.56. The molecule has 2 aliphatic heterocycles. The normalized spacial score (nSPS) is 14.9. The standard InChI is InChI=1S/C37H39FN8O5/c1-42-23-25(19-31(42)37(49)51-3)43-15-17-44(18-16-43)36(48)30-21-29-28(26-8-4-5-9-32(26)50-2)20-27(34(38)35(29)40-30)24-7-6-12-45(22-24)33(47)10-13-46-14-11-39-41-46/h4-5,7-9,11,14,19-21,23,40H,6,10,12-13,15-18,22H2,1-3H3. The van der Waals surface area contributed by atoms with Gasteiger partial charge in [0.15, 0.2) is 5.82 Å². The van der Waals surface area contributed by atoms with E-state index < -0.39 is 11.8 Å². The zero-order valence-electron chi connectivity index (χ0n) is 28.8. The van der Waals surface area contributed by atoms with Gasteiger partial charge in [-0.2, -0.15) is 0 Å². The molecule has 2 amide bonds. The van der Waals surface area contributed by atoms with E-state index in [1.807, 2.05) is 36.5 Å². The maximum Gasteiger partial charge on any atom is 0.354 e. The number of para-hydroxylation sites is 1. The summed E-state index contributed by atoms with van der Waals surface area (Å²) in [4.78, 5) is 48.0. The summed E-state index contributed by atoms with van der Waals surface area (Å²) >= 11 is 0. The van der Waals surface area contributed by atoms with Gasteiger partial charge in [-0.25, -0.2) is 9.18 Å². The lowest BCUT2D eigenvalue weighted by atomic mass is 9.93. The van der Waals surface area contributed by atoms with Crippen molar-refractivity contribution < 1.29 is 28.2 Å². The lowest BCUT2D eigenvalue weighted by molar-refractivity contribution is -0.131. The quantitative estimate of drug-likeness (QED) is 0.225. The number of aromatic nitrogens is 5. The average Bonchev–Trinajstić information content (AvgIpc) is 3.94. The predicted octanol–water partition coefficient (Wildman–Crippen LogP) is 4.37. The SMILES string of the molecule is COC(=O)c1cc(N2CCN(C(=O)c3cc4c(-c5ccccc5OC)cc(C5=CCCN(C(=O)CCn6ccnn6)C5)c(F)c4[nH]3)CC2)cn1C. The van der Waals surface area contributed by atoms with Crippen molar-refractivity contribution in [1.82, 2.24) is 34.3 Å². The summed E-state index contributed by atoms with van der Waals surface area (Å²) in [5.41, 5.74) is 4.33. The van der Waals surface area contributed by atoms with Crippen molar-refractivity contribution in [2.45, 2.75) is 19.4 Å². The molecule has 0 aliphatic carbocycles. The van der Waals surface area contributed by atoms with E-state index >= 15 is 4.39 Å². The number of amides is 2. The van der Waals surface area contributed by atoms with Crippen LogP contribution in [0.4, 0.5) is 10.1 Å². The van der Waals surface area contributed by atoms with Gasteiger partial charge in [0.2, 0.25) is 5.91 Å². The molecule has 1 N–H and O–H groups in total. The zero-order chi connectivity index (χ0) is 35.6. The Kier molecular flexibility index (Phi) is 9.30. The van der Waals surface area contributed by atoms with Crippen LogP contribution in [-0.2, 0) is 23.1 Å². The maximum absolute atomic E-state index is 16.7. The number of methoxy groups -OCH3 is 2. The molecule has 2 aliphatic rings. The van der Waals surface area contributed by atoms with Gasteiger partial charge in [-0.15, -0.1) is 5.10 Å². The first kappa shape index (κ1) is 33.6. The molecule has 7 rings (SSSR count). The highest BCUT2D eigenvalue weighted by molar-refractivity contribution is 6.05.